The van der Waals surface area contributed by atoms with Gasteiger partial charge in [0.05, 0.1) is 16.8 Å². The van der Waals surface area contributed by atoms with Gasteiger partial charge in [0.1, 0.15) is 11.7 Å². The van der Waals surface area contributed by atoms with Gasteiger partial charge in [-0.05, 0) is 54.4 Å². The summed E-state index contributed by atoms with van der Waals surface area (Å²) in [6.07, 6.45) is 7.29. The van der Waals surface area contributed by atoms with E-state index < -0.39 is 6.04 Å². The van der Waals surface area contributed by atoms with Crippen molar-refractivity contribution in [2.24, 2.45) is 0 Å². The summed E-state index contributed by atoms with van der Waals surface area (Å²) in [5.41, 5.74) is 4.76. The number of imidazole rings is 1. The summed E-state index contributed by atoms with van der Waals surface area (Å²) in [6.45, 7) is 2.09. The van der Waals surface area contributed by atoms with Crippen LogP contribution in [0.2, 0.25) is 5.02 Å². The molecule has 1 N–H and O–H groups in total. The maximum absolute atomic E-state index is 13.8. The van der Waals surface area contributed by atoms with Crippen LogP contribution in [0.5, 0.6) is 0 Å². The molecule has 40 heavy (non-hydrogen) atoms. The van der Waals surface area contributed by atoms with Crippen molar-refractivity contribution in [1.29, 1.82) is 0 Å². The van der Waals surface area contributed by atoms with Gasteiger partial charge in [0.15, 0.2) is 5.78 Å². The number of nitrogens with one attached hydrogen (secondary N) is 1. The van der Waals surface area contributed by atoms with Crippen molar-refractivity contribution >= 4 is 40.5 Å². The van der Waals surface area contributed by atoms with Crippen LogP contribution in [-0.2, 0) is 17.8 Å². The van der Waals surface area contributed by atoms with Crippen molar-refractivity contribution in [3.8, 4) is 0 Å². The van der Waals surface area contributed by atoms with Gasteiger partial charge in [0.25, 0.3) is 5.91 Å². The highest BCUT2D eigenvalue weighted by Gasteiger charge is 2.36. The maximum Gasteiger partial charge on any atom is 0.256 e. The summed E-state index contributed by atoms with van der Waals surface area (Å²) in [6, 6.07) is 18.4. The minimum Gasteiger partial charge on any atom is -0.323 e. The number of rotatable bonds is 6. The third-order valence-corrected chi connectivity index (χ3v) is 7.21. The number of carbonyl (C=O) groups is 3. The highest BCUT2D eigenvalue weighted by atomic mass is 35.5. The summed E-state index contributed by atoms with van der Waals surface area (Å²) in [5, 5.41) is 3.29. The van der Waals surface area contributed by atoms with Crippen LogP contribution in [-0.4, -0.2) is 42.9 Å². The Hall–Kier alpha value is -4.82. The topological polar surface area (TPSA) is 96.7 Å². The smallest absolute Gasteiger partial charge is 0.256 e. The number of anilines is 1. The van der Waals surface area contributed by atoms with E-state index in [-0.39, 0.29) is 30.6 Å². The van der Waals surface area contributed by atoms with Gasteiger partial charge >= 0.3 is 0 Å². The molecule has 0 saturated carbocycles. The molecule has 0 radical (unpaired) electrons. The molecule has 4 heterocycles. The minimum absolute atomic E-state index is 0.143. The van der Waals surface area contributed by atoms with Gasteiger partial charge in [0.2, 0.25) is 5.91 Å². The predicted molar refractivity (Wildman–Crippen MR) is 151 cm³/mol. The number of benzene rings is 2. The molecule has 1 aliphatic rings. The average Bonchev–Trinajstić information content (AvgIpc) is 3.40. The summed E-state index contributed by atoms with van der Waals surface area (Å²) >= 11 is 6.16. The van der Waals surface area contributed by atoms with E-state index in [0.29, 0.717) is 38.7 Å². The first-order chi connectivity index (χ1) is 19.4. The molecule has 6 rings (SSSR count). The first kappa shape index (κ1) is 25.5. The van der Waals surface area contributed by atoms with Crippen molar-refractivity contribution < 1.29 is 14.4 Å². The van der Waals surface area contributed by atoms with Gasteiger partial charge in [0, 0.05) is 54.0 Å². The van der Waals surface area contributed by atoms with Gasteiger partial charge in [-0.3, -0.25) is 19.4 Å². The monoisotopic (exact) mass is 549 g/mol. The molecule has 3 aromatic heterocycles. The predicted octanol–water partition coefficient (Wildman–Crippen LogP) is 5.13. The van der Waals surface area contributed by atoms with E-state index in [2.05, 4.69) is 15.3 Å². The standard InChI is InChI=1S/C31H24ClN5O3/c1-19-14-25(29-34-12-13-36(29)17-19)28(38)21-7-5-20(6-8-21)18-37-27(16-23-4-2-3-11-33-23)30(39)35-26-15-22(32)9-10-24(26)31(37)40/h2-15,17,27H,16,18H2,1H3,(H,35,39). The lowest BCUT2D eigenvalue weighted by Crippen LogP contribution is -2.46. The van der Waals surface area contributed by atoms with Gasteiger partial charge in [-0.15, -0.1) is 0 Å². The summed E-state index contributed by atoms with van der Waals surface area (Å²) < 4.78 is 1.83. The van der Waals surface area contributed by atoms with E-state index in [1.165, 1.54) is 0 Å². The SMILES string of the molecule is Cc1cc(C(=O)c2ccc(CN3C(=O)c4ccc(Cl)cc4NC(=O)C3Cc3ccccn3)cc2)c2nccn2c1. The second-order valence-electron chi connectivity index (χ2n) is 9.77. The first-order valence-electron chi connectivity index (χ1n) is 12.8. The van der Waals surface area contributed by atoms with Gasteiger partial charge in [-0.1, -0.05) is 41.9 Å². The number of fused-ring (bicyclic) bond motifs is 2. The molecule has 2 amide bonds. The third kappa shape index (κ3) is 4.85. The Morgan fingerprint density at radius 3 is 2.60 bits per heavy atom. The van der Waals surface area contributed by atoms with E-state index in [1.807, 2.05) is 54.0 Å². The number of amides is 2. The summed E-state index contributed by atoms with van der Waals surface area (Å²) in [5.74, 6) is -0.766. The molecule has 8 nitrogen and oxygen atoms in total. The van der Waals surface area contributed by atoms with Crippen LogP contribution in [0, 0.1) is 6.92 Å². The Bertz CT molecular complexity index is 1770. The number of hydrogen-bond acceptors (Lipinski definition) is 5. The fourth-order valence-corrected chi connectivity index (χ4v) is 5.19. The zero-order chi connectivity index (χ0) is 27.8. The number of carbonyl (C=O) groups excluding carboxylic acids is 3. The molecule has 1 atom stereocenters. The molecule has 2 aromatic carbocycles. The average molecular weight is 550 g/mol. The number of nitrogens with zero attached hydrogens (tertiary/aromatic N) is 4. The number of ketones is 1. The Morgan fingerprint density at radius 1 is 1.00 bits per heavy atom. The molecule has 0 bridgehead atoms. The quantitative estimate of drug-likeness (QED) is 0.296. The van der Waals surface area contributed by atoms with Gasteiger partial charge in [-0.25, -0.2) is 4.98 Å². The lowest BCUT2D eigenvalue weighted by Gasteiger charge is -2.28. The lowest BCUT2D eigenvalue weighted by atomic mass is 10.0. The van der Waals surface area contributed by atoms with Crippen molar-refractivity contribution in [3.05, 3.63) is 130 Å². The number of hydrogen-bond donors (Lipinski definition) is 1. The fraction of sp³-hybridized carbons (Fsp3) is 0.129. The maximum atomic E-state index is 13.8. The van der Waals surface area contributed by atoms with Gasteiger partial charge < -0.3 is 14.6 Å². The molecule has 198 valence electrons. The second-order valence-corrected chi connectivity index (χ2v) is 10.2. The first-order valence-corrected chi connectivity index (χ1v) is 13.1. The zero-order valence-corrected chi connectivity index (χ0v) is 22.3. The van der Waals surface area contributed by atoms with Crippen LogP contribution >= 0.6 is 11.6 Å². The van der Waals surface area contributed by atoms with Crippen LogP contribution in [0.1, 0.15) is 43.1 Å². The molecule has 0 saturated heterocycles. The van der Waals surface area contributed by atoms with E-state index in [9.17, 15) is 14.4 Å². The van der Waals surface area contributed by atoms with Crippen LogP contribution in [0.4, 0.5) is 5.69 Å². The third-order valence-electron chi connectivity index (χ3n) is 6.98. The zero-order valence-electron chi connectivity index (χ0n) is 21.5. The number of aryl methyl sites for hydroxylation is 1. The van der Waals surface area contributed by atoms with Crippen molar-refractivity contribution in [1.82, 2.24) is 19.3 Å². The number of halogens is 1. The Morgan fingerprint density at radius 2 is 1.82 bits per heavy atom. The van der Waals surface area contributed by atoms with E-state index >= 15 is 0 Å². The second kappa shape index (κ2) is 10.4. The van der Waals surface area contributed by atoms with E-state index in [1.54, 1.807) is 53.7 Å². The van der Waals surface area contributed by atoms with Crippen molar-refractivity contribution in [2.75, 3.05) is 5.32 Å². The Balaban J connectivity index is 1.32. The van der Waals surface area contributed by atoms with Crippen LogP contribution in [0.25, 0.3) is 5.65 Å². The lowest BCUT2D eigenvalue weighted by molar-refractivity contribution is -0.120. The molecule has 0 spiro atoms. The largest absolute Gasteiger partial charge is 0.323 e. The van der Waals surface area contributed by atoms with Gasteiger partial charge in [-0.2, -0.15) is 0 Å². The molecular formula is C31H24ClN5O3. The summed E-state index contributed by atoms with van der Waals surface area (Å²) in [4.78, 5) is 50.9. The normalized spacial score (nSPS) is 15.1. The van der Waals surface area contributed by atoms with Crippen LogP contribution in [0.3, 0.4) is 0 Å². The van der Waals surface area contributed by atoms with Crippen LogP contribution < -0.4 is 5.32 Å². The highest BCUT2D eigenvalue weighted by molar-refractivity contribution is 6.31. The number of aromatic nitrogens is 3. The summed E-state index contributed by atoms with van der Waals surface area (Å²) in [7, 11) is 0. The minimum atomic E-state index is -0.809. The van der Waals surface area contributed by atoms with Crippen molar-refractivity contribution in [3.63, 3.8) is 0 Å². The Labute approximate surface area is 235 Å². The fourth-order valence-electron chi connectivity index (χ4n) is 5.02. The Kier molecular flexibility index (Phi) is 6.61. The molecule has 1 unspecified atom stereocenters. The van der Waals surface area contributed by atoms with E-state index in [0.717, 1.165) is 11.1 Å². The van der Waals surface area contributed by atoms with E-state index in [4.69, 9.17) is 11.6 Å². The highest BCUT2D eigenvalue weighted by Crippen LogP contribution is 2.29. The molecule has 1 aliphatic heterocycles. The molecule has 0 fully saturated rings. The molecule has 9 heteroatoms. The molecular weight excluding hydrogens is 526 g/mol. The van der Waals surface area contributed by atoms with Crippen LogP contribution in [0.15, 0.2) is 91.5 Å². The molecule has 0 aliphatic carbocycles. The number of pyridine rings is 2. The molecule has 5 aromatic rings. The van der Waals surface area contributed by atoms with Crippen molar-refractivity contribution in [2.45, 2.75) is 25.9 Å².